The van der Waals surface area contributed by atoms with E-state index in [4.69, 9.17) is 4.74 Å². The van der Waals surface area contributed by atoms with Crippen LogP contribution in [0.1, 0.15) is 16.8 Å². The van der Waals surface area contributed by atoms with Crippen LogP contribution in [0, 0.1) is 0 Å². The van der Waals surface area contributed by atoms with E-state index in [1.54, 1.807) is 14.2 Å². The third kappa shape index (κ3) is 6.31. The molecular formula is C18H26BrIN4O. The van der Waals surface area contributed by atoms with Crippen LogP contribution in [0.15, 0.2) is 46.0 Å². The minimum atomic E-state index is 0. The molecule has 2 rings (SSSR count). The normalized spacial score (nSPS) is 11.2. The topological polar surface area (TPSA) is 41.8 Å². The molecule has 1 heterocycles. The van der Waals surface area contributed by atoms with Gasteiger partial charge in [-0.15, -0.1) is 24.0 Å². The van der Waals surface area contributed by atoms with Crippen molar-refractivity contribution in [2.45, 2.75) is 19.7 Å². The zero-order valence-electron chi connectivity index (χ0n) is 15.1. The molecule has 0 aliphatic rings. The molecule has 1 aromatic heterocycles. The molecule has 0 aliphatic carbocycles. The largest absolute Gasteiger partial charge is 0.380 e. The molecule has 0 atom stereocenters. The summed E-state index contributed by atoms with van der Waals surface area (Å²) >= 11 is 3.51. The number of hydrogen-bond donors (Lipinski definition) is 1. The Morgan fingerprint density at radius 2 is 2.00 bits per heavy atom. The Morgan fingerprint density at radius 3 is 2.56 bits per heavy atom. The first-order valence-electron chi connectivity index (χ1n) is 7.83. The van der Waals surface area contributed by atoms with Crippen molar-refractivity contribution in [1.29, 1.82) is 0 Å². The van der Waals surface area contributed by atoms with E-state index in [0.29, 0.717) is 13.2 Å². The lowest BCUT2D eigenvalue weighted by Crippen LogP contribution is -2.38. The van der Waals surface area contributed by atoms with Crippen LogP contribution in [-0.2, 0) is 31.5 Å². The number of halogens is 2. The summed E-state index contributed by atoms with van der Waals surface area (Å²) in [4.78, 5) is 6.50. The van der Waals surface area contributed by atoms with Crippen LogP contribution in [0.2, 0.25) is 0 Å². The molecule has 0 spiro atoms. The van der Waals surface area contributed by atoms with Crippen molar-refractivity contribution in [2.75, 3.05) is 21.2 Å². The fourth-order valence-electron chi connectivity index (χ4n) is 2.63. The summed E-state index contributed by atoms with van der Waals surface area (Å²) in [7, 11) is 7.61. The summed E-state index contributed by atoms with van der Waals surface area (Å²) in [5.41, 5.74) is 3.62. The van der Waals surface area contributed by atoms with Crippen molar-refractivity contribution in [3.05, 3.63) is 57.8 Å². The highest BCUT2D eigenvalue weighted by atomic mass is 127. The second-order valence-corrected chi connectivity index (χ2v) is 6.63. The van der Waals surface area contributed by atoms with E-state index in [1.807, 2.05) is 26.2 Å². The van der Waals surface area contributed by atoms with Gasteiger partial charge in [0, 0.05) is 51.2 Å². The number of nitrogens with one attached hydrogen (secondary N) is 1. The SMILES string of the molecule is CN=C(NCc1ccccc1COC)N(C)Cc1cc(Br)cn1C.I. The summed E-state index contributed by atoms with van der Waals surface area (Å²) in [6, 6.07) is 10.4. The number of hydrogen-bond acceptors (Lipinski definition) is 2. The van der Waals surface area contributed by atoms with Crippen LogP contribution in [0.25, 0.3) is 0 Å². The van der Waals surface area contributed by atoms with E-state index < -0.39 is 0 Å². The van der Waals surface area contributed by atoms with Crippen molar-refractivity contribution >= 4 is 45.9 Å². The van der Waals surface area contributed by atoms with Gasteiger partial charge >= 0.3 is 0 Å². The number of ether oxygens (including phenoxy) is 1. The lowest BCUT2D eigenvalue weighted by Gasteiger charge is -2.23. The highest BCUT2D eigenvalue weighted by Gasteiger charge is 2.10. The average molecular weight is 521 g/mol. The van der Waals surface area contributed by atoms with Crippen molar-refractivity contribution in [1.82, 2.24) is 14.8 Å². The Bertz CT molecular complexity index is 702. The van der Waals surface area contributed by atoms with Crippen molar-refractivity contribution in [2.24, 2.45) is 12.0 Å². The van der Waals surface area contributed by atoms with E-state index in [-0.39, 0.29) is 24.0 Å². The first kappa shape index (κ1) is 22.0. The van der Waals surface area contributed by atoms with Gasteiger partial charge in [0.1, 0.15) is 0 Å². The second kappa shape index (κ2) is 10.8. The quantitative estimate of drug-likeness (QED) is 0.358. The summed E-state index contributed by atoms with van der Waals surface area (Å²) in [6.45, 7) is 2.11. The molecule has 0 amide bonds. The molecule has 0 radical (unpaired) electrons. The predicted octanol–water partition coefficient (Wildman–Crippen LogP) is 3.76. The second-order valence-electron chi connectivity index (χ2n) is 5.72. The van der Waals surface area contributed by atoms with Crippen molar-refractivity contribution in [3.63, 3.8) is 0 Å². The summed E-state index contributed by atoms with van der Waals surface area (Å²) in [6.07, 6.45) is 2.06. The molecule has 0 fully saturated rings. The van der Waals surface area contributed by atoms with Gasteiger partial charge < -0.3 is 19.5 Å². The van der Waals surface area contributed by atoms with Crippen LogP contribution < -0.4 is 5.32 Å². The van der Waals surface area contributed by atoms with Crippen LogP contribution in [0.4, 0.5) is 0 Å². The molecule has 138 valence electrons. The predicted molar refractivity (Wildman–Crippen MR) is 117 cm³/mol. The van der Waals surface area contributed by atoms with Crippen LogP contribution in [-0.4, -0.2) is 36.6 Å². The number of methoxy groups -OCH3 is 1. The molecule has 1 aromatic carbocycles. The minimum Gasteiger partial charge on any atom is -0.380 e. The Morgan fingerprint density at radius 1 is 1.32 bits per heavy atom. The molecule has 0 saturated heterocycles. The molecular weight excluding hydrogens is 495 g/mol. The van der Waals surface area contributed by atoms with Crippen molar-refractivity contribution in [3.8, 4) is 0 Å². The molecule has 25 heavy (non-hydrogen) atoms. The lowest BCUT2D eigenvalue weighted by atomic mass is 10.1. The Hall–Kier alpha value is -1.06. The van der Waals surface area contributed by atoms with Gasteiger partial charge in [-0.2, -0.15) is 0 Å². The first-order valence-corrected chi connectivity index (χ1v) is 8.62. The maximum absolute atomic E-state index is 5.27. The fourth-order valence-corrected chi connectivity index (χ4v) is 3.20. The van der Waals surface area contributed by atoms with E-state index in [1.165, 1.54) is 16.8 Å². The molecule has 0 saturated carbocycles. The molecule has 0 bridgehead atoms. The Labute approximate surface area is 175 Å². The molecule has 2 aromatic rings. The van der Waals surface area contributed by atoms with Crippen molar-refractivity contribution < 1.29 is 4.74 Å². The number of aromatic nitrogens is 1. The number of nitrogens with zero attached hydrogens (tertiary/aromatic N) is 3. The molecule has 5 nitrogen and oxygen atoms in total. The monoisotopic (exact) mass is 520 g/mol. The average Bonchev–Trinajstić information content (AvgIpc) is 2.87. The standard InChI is InChI=1S/C18H25BrN4O.HI/c1-20-18(23(3)12-17-9-16(19)11-22(17)2)21-10-14-7-5-6-8-15(14)13-24-4;/h5-9,11H,10,12-13H2,1-4H3,(H,20,21);1H. The number of guanidine groups is 1. The Kier molecular flexibility index (Phi) is 9.52. The number of aliphatic imine (C=N–C) groups is 1. The minimum absolute atomic E-state index is 0. The van der Waals surface area contributed by atoms with Crippen LogP contribution >= 0.6 is 39.9 Å². The van der Waals surface area contributed by atoms with E-state index in [0.717, 1.165) is 17.0 Å². The van der Waals surface area contributed by atoms with Crippen LogP contribution in [0.5, 0.6) is 0 Å². The van der Waals surface area contributed by atoms with Gasteiger partial charge in [0.25, 0.3) is 0 Å². The van der Waals surface area contributed by atoms with Gasteiger partial charge in [0.15, 0.2) is 5.96 Å². The third-order valence-corrected chi connectivity index (χ3v) is 4.34. The zero-order valence-corrected chi connectivity index (χ0v) is 19.0. The van der Waals surface area contributed by atoms with Gasteiger partial charge in [0.05, 0.1) is 13.2 Å². The van der Waals surface area contributed by atoms with Gasteiger partial charge in [-0.3, -0.25) is 4.99 Å². The van der Waals surface area contributed by atoms with E-state index >= 15 is 0 Å². The number of benzene rings is 1. The maximum atomic E-state index is 5.27. The highest BCUT2D eigenvalue weighted by Crippen LogP contribution is 2.15. The van der Waals surface area contributed by atoms with Crippen LogP contribution in [0.3, 0.4) is 0 Å². The van der Waals surface area contributed by atoms with Gasteiger partial charge in [-0.25, -0.2) is 0 Å². The molecule has 0 unspecified atom stereocenters. The van der Waals surface area contributed by atoms with E-state index in [2.05, 4.69) is 60.1 Å². The summed E-state index contributed by atoms with van der Waals surface area (Å²) in [5.74, 6) is 0.861. The Balaban J connectivity index is 0.00000312. The number of aryl methyl sites for hydroxylation is 1. The molecule has 1 N–H and O–H groups in total. The third-order valence-electron chi connectivity index (χ3n) is 3.90. The highest BCUT2D eigenvalue weighted by molar-refractivity contribution is 14.0. The summed E-state index contributed by atoms with van der Waals surface area (Å²) in [5, 5.41) is 3.43. The number of rotatable bonds is 6. The fraction of sp³-hybridized carbons (Fsp3) is 0.389. The van der Waals surface area contributed by atoms with Gasteiger partial charge in [-0.1, -0.05) is 24.3 Å². The lowest BCUT2D eigenvalue weighted by molar-refractivity contribution is 0.184. The van der Waals surface area contributed by atoms with Gasteiger partial charge in [0.2, 0.25) is 0 Å². The first-order chi connectivity index (χ1) is 11.5. The maximum Gasteiger partial charge on any atom is 0.194 e. The molecule has 7 heteroatoms. The zero-order chi connectivity index (χ0) is 17.5. The smallest absolute Gasteiger partial charge is 0.194 e. The molecule has 0 aliphatic heterocycles. The van der Waals surface area contributed by atoms with E-state index in [9.17, 15) is 0 Å². The summed E-state index contributed by atoms with van der Waals surface area (Å²) < 4.78 is 8.47. The van der Waals surface area contributed by atoms with Gasteiger partial charge in [-0.05, 0) is 33.1 Å².